The van der Waals surface area contributed by atoms with E-state index in [9.17, 15) is 30.8 Å². The molecule has 0 aliphatic heterocycles. The van der Waals surface area contributed by atoms with Gasteiger partial charge in [0.05, 0.1) is 4.90 Å². The predicted molar refractivity (Wildman–Crippen MR) is 102 cm³/mol. The minimum Gasteiger partial charge on any atom is -0.480 e. The van der Waals surface area contributed by atoms with Crippen LogP contribution in [0.4, 0.5) is 17.6 Å². The SMILES string of the molecule is Cc1ccc(-c2c(-c3ccc(S(N)(=O)=O)cc3)nn(CC(=O)O)c2C(F)(F)F)cc1F. The van der Waals surface area contributed by atoms with E-state index in [0.29, 0.717) is 0 Å². The third kappa shape index (κ3) is 4.59. The first-order chi connectivity index (χ1) is 14.3. The minimum atomic E-state index is -5.02. The molecule has 0 bridgehead atoms. The first-order valence-corrected chi connectivity index (χ1v) is 10.1. The van der Waals surface area contributed by atoms with Gasteiger partial charge in [0.25, 0.3) is 0 Å². The van der Waals surface area contributed by atoms with Gasteiger partial charge in [0, 0.05) is 11.1 Å². The van der Waals surface area contributed by atoms with Crippen molar-refractivity contribution in [3.05, 3.63) is 59.5 Å². The molecule has 0 saturated carbocycles. The van der Waals surface area contributed by atoms with Crippen molar-refractivity contribution in [1.29, 1.82) is 0 Å². The van der Waals surface area contributed by atoms with Crippen LogP contribution in [-0.4, -0.2) is 29.3 Å². The zero-order valence-electron chi connectivity index (χ0n) is 15.8. The maximum Gasteiger partial charge on any atom is 0.433 e. The van der Waals surface area contributed by atoms with Gasteiger partial charge in [0.2, 0.25) is 10.0 Å². The molecule has 0 aliphatic carbocycles. The average molecular weight is 457 g/mol. The highest BCUT2D eigenvalue weighted by Crippen LogP contribution is 2.43. The number of primary sulfonamides is 1. The van der Waals surface area contributed by atoms with Gasteiger partial charge in [-0.05, 0) is 36.2 Å². The lowest BCUT2D eigenvalue weighted by atomic mass is 9.97. The second kappa shape index (κ2) is 7.78. The van der Waals surface area contributed by atoms with E-state index in [1.165, 1.54) is 31.2 Å². The van der Waals surface area contributed by atoms with Gasteiger partial charge in [0.15, 0.2) is 5.69 Å². The van der Waals surface area contributed by atoms with E-state index in [4.69, 9.17) is 10.2 Å². The van der Waals surface area contributed by atoms with E-state index >= 15 is 0 Å². The van der Waals surface area contributed by atoms with E-state index < -0.39 is 45.8 Å². The Morgan fingerprint density at radius 1 is 1.13 bits per heavy atom. The van der Waals surface area contributed by atoms with Crippen molar-refractivity contribution in [1.82, 2.24) is 9.78 Å². The van der Waals surface area contributed by atoms with Crippen LogP contribution in [0, 0.1) is 12.7 Å². The second-order valence-corrected chi connectivity index (χ2v) is 8.22. The molecule has 1 aromatic heterocycles. The molecule has 1 heterocycles. The Morgan fingerprint density at radius 3 is 2.19 bits per heavy atom. The van der Waals surface area contributed by atoms with Crippen LogP contribution in [-0.2, 0) is 27.5 Å². The van der Waals surface area contributed by atoms with Crippen molar-refractivity contribution >= 4 is 16.0 Å². The Morgan fingerprint density at radius 2 is 1.71 bits per heavy atom. The van der Waals surface area contributed by atoms with E-state index in [1.54, 1.807) is 0 Å². The van der Waals surface area contributed by atoms with Gasteiger partial charge in [-0.3, -0.25) is 4.79 Å². The number of carbonyl (C=O) groups is 1. The van der Waals surface area contributed by atoms with Crippen LogP contribution in [0.5, 0.6) is 0 Å². The second-order valence-electron chi connectivity index (χ2n) is 6.65. The van der Waals surface area contributed by atoms with E-state index in [2.05, 4.69) is 5.10 Å². The number of nitrogens with two attached hydrogens (primary N) is 1. The summed E-state index contributed by atoms with van der Waals surface area (Å²) >= 11 is 0. The lowest BCUT2D eigenvalue weighted by Gasteiger charge is -2.12. The predicted octanol–water partition coefficient (Wildman–Crippen LogP) is 3.42. The molecule has 0 fully saturated rings. The highest BCUT2D eigenvalue weighted by atomic mass is 32.2. The third-order valence-electron chi connectivity index (χ3n) is 4.42. The van der Waals surface area contributed by atoms with E-state index in [-0.39, 0.29) is 32.0 Å². The Labute approximate surface area is 173 Å². The molecule has 0 unspecified atom stereocenters. The van der Waals surface area contributed by atoms with Crippen molar-refractivity contribution < 1.29 is 35.9 Å². The standard InChI is InChI=1S/C19H15F4N3O4S/c1-10-2-3-12(8-14(10)20)16-17(11-4-6-13(7-5-11)31(24,29)30)25-26(9-15(27)28)18(16)19(21,22)23/h2-8H,9H2,1H3,(H,27,28)(H2,24,29,30). The molecule has 0 saturated heterocycles. The fraction of sp³-hybridized carbons (Fsp3) is 0.158. The molecule has 12 heteroatoms. The number of rotatable bonds is 5. The molecular weight excluding hydrogens is 442 g/mol. The Bertz CT molecular complexity index is 1270. The number of aliphatic carboxylic acids is 1. The van der Waals surface area contributed by atoms with Crippen LogP contribution >= 0.6 is 0 Å². The van der Waals surface area contributed by atoms with Gasteiger partial charge in [-0.1, -0.05) is 24.3 Å². The molecule has 0 spiro atoms. The number of nitrogens with zero attached hydrogens (tertiary/aromatic N) is 2. The summed E-state index contributed by atoms with van der Waals surface area (Å²) in [5.41, 5.74) is -2.11. The molecule has 2 aromatic carbocycles. The average Bonchev–Trinajstić information content (AvgIpc) is 3.02. The number of alkyl halides is 3. The van der Waals surface area contributed by atoms with Crippen molar-refractivity contribution in [2.24, 2.45) is 5.14 Å². The first kappa shape index (κ1) is 22.4. The molecule has 0 radical (unpaired) electrons. The van der Waals surface area contributed by atoms with Crippen LogP contribution in [0.15, 0.2) is 47.4 Å². The number of aromatic nitrogens is 2. The maximum absolute atomic E-state index is 14.1. The maximum atomic E-state index is 14.1. The summed E-state index contributed by atoms with van der Waals surface area (Å²) in [4.78, 5) is 10.8. The van der Waals surface area contributed by atoms with Crippen LogP contribution in [0.3, 0.4) is 0 Å². The quantitative estimate of drug-likeness (QED) is 0.570. The number of halogens is 4. The first-order valence-electron chi connectivity index (χ1n) is 8.58. The number of sulfonamides is 1. The number of hydrogen-bond donors (Lipinski definition) is 2. The molecule has 3 aromatic rings. The summed E-state index contributed by atoms with van der Waals surface area (Å²) in [7, 11) is -4.05. The Kier molecular flexibility index (Phi) is 5.63. The van der Waals surface area contributed by atoms with Gasteiger partial charge in [-0.2, -0.15) is 18.3 Å². The smallest absolute Gasteiger partial charge is 0.433 e. The number of benzene rings is 2. The number of carboxylic acids is 1. The van der Waals surface area contributed by atoms with Gasteiger partial charge < -0.3 is 5.11 Å². The fourth-order valence-electron chi connectivity index (χ4n) is 3.02. The van der Waals surface area contributed by atoms with Gasteiger partial charge in [-0.25, -0.2) is 22.6 Å². The topological polar surface area (TPSA) is 115 Å². The summed E-state index contributed by atoms with van der Waals surface area (Å²) in [6, 6.07) is 7.96. The largest absolute Gasteiger partial charge is 0.480 e. The summed E-state index contributed by atoms with van der Waals surface area (Å²) in [6.45, 7) is 0.343. The monoisotopic (exact) mass is 457 g/mol. The molecule has 0 aliphatic rings. The lowest BCUT2D eigenvalue weighted by Crippen LogP contribution is -2.19. The number of hydrogen-bond acceptors (Lipinski definition) is 4. The third-order valence-corrected chi connectivity index (χ3v) is 5.35. The van der Waals surface area contributed by atoms with E-state index in [0.717, 1.165) is 18.2 Å². The van der Waals surface area contributed by atoms with Gasteiger partial charge in [0.1, 0.15) is 18.1 Å². The van der Waals surface area contributed by atoms with Crippen LogP contribution < -0.4 is 5.14 Å². The number of carboxylic acid groups (broad SMARTS) is 1. The van der Waals surface area contributed by atoms with Crippen LogP contribution in [0.1, 0.15) is 11.3 Å². The zero-order valence-corrected chi connectivity index (χ0v) is 16.6. The van der Waals surface area contributed by atoms with Gasteiger partial charge >= 0.3 is 12.1 Å². The van der Waals surface area contributed by atoms with Crippen molar-refractivity contribution in [3.8, 4) is 22.4 Å². The van der Waals surface area contributed by atoms with Crippen LogP contribution in [0.2, 0.25) is 0 Å². The van der Waals surface area contributed by atoms with Crippen molar-refractivity contribution in [3.63, 3.8) is 0 Å². The minimum absolute atomic E-state index is 0.0537. The summed E-state index contributed by atoms with van der Waals surface area (Å²) in [5.74, 6) is -2.32. The highest BCUT2D eigenvalue weighted by Gasteiger charge is 2.41. The molecule has 164 valence electrons. The highest BCUT2D eigenvalue weighted by molar-refractivity contribution is 7.89. The molecule has 7 nitrogen and oxygen atoms in total. The Hall–Kier alpha value is -3.25. The molecule has 0 amide bonds. The molecule has 31 heavy (non-hydrogen) atoms. The fourth-order valence-corrected chi connectivity index (χ4v) is 3.53. The van der Waals surface area contributed by atoms with E-state index in [1.807, 2.05) is 0 Å². The molecule has 3 rings (SSSR count). The van der Waals surface area contributed by atoms with Crippen molar-refractivity contribution in [2.75, 3.05) is 0 Å². The molecule has 0 atom stereocenters. The normalized spacial score (nSPS) is 12.2. The van der Waals surface area contributed by atoms with Gasteiger partial charge in [-0.15, -0.1) is 0 Å². The summed E-state index contributed by atoms with van der Waals surface area (Å²) < 4.78 is 79.1. The number of aryl methyl sites for hydroxylation is 1. The Balaban J connectivity index is 2.35. The van der Waals surface area contributed by atoms with Crippen molar-refractivity contribution in [2.45, 2.75) is 24.5 Å². The molecular formula is C19H15F4N3O4S. The lowest BCUT2D eigenvalue weighted by molar-refractivity contribution is -0.146. The molecule has 3 N–H and O–H groups in total. The summed E-state index contributed by atoms with van der Waals surface area (Å²) in [5, 5.41) is 17.9. The van der Waals surface area contributed by atoms with Crippen LogP contribution in [0.25, 0.3) is 22.4 Å². The summed E-state index contributed by atoms with van der Waals surface area (Å²) in [6.07, 6.45) is -5.02. The zero-order chi connectivity index (χ0) is 23.1.